The number of hydrogen-bond donors (Lipinski definition) is 0. The fraction of sp³-hybridized carbons (Fsp3) is 0.267. The highest BCUT2D eigenvalue weighted by Gasteiger charge is 2.44. The van der Waals surface area contributed by atoms with E-state index in [2.05, 4.69) is 17.5 Å². The molecule has 2 atom stereocenters. The van der Waals surface area contributed by atoms with Gasteiger partial charge in [-0.15, -0.1) is 11.3 Å². The van der Waals surface area contributed by atoms with Crippen LogP contribution in [0, 0.1) is 12.8 Å². The third kappa shape index (κ3) is 2.05. The van der Waals surface area contributed by atoms with E-state index in [0.717, 1.165) is 12.0 Å². The minimum Gasteiger partial charge on any atom is -0.294 e. The molecule has 0 spiro atoms. The van der Waals surface area contributed by atoms with E-state index in [-0.39, 0.29) is 5.92 Å². The first-order chi connectivity index (χ1) is 8.25. The molecular weight excluding hydrogens is 228 g/mol. The van der Waals surface area contributed by atoms with Crippen molar-refractivity contribution >= 4 is 17.1 Å². The Morgan fingerprint density at radius 3 is 2.65 bits per heavy atom. The molecule has 1 fully saturated rings. The number of carbonyl (C=O) groups is 1. The maximum atomic E-state index is 12.2. The van der Waals surface area contributed by atoms with E-state index in [0.29, 0.717) is 11.7 Å². The monoisotopic (exact) mass is 242 g/mol. The smallest absolute Gasteiger partial charge is 0.166 e. The van der Waals surface area contributed by atoms with Crippen molar-refractivity contribution < 1.29 is 4.79 Å². The molecule has 0 N–H and O–H groups in total. The highest BCUT2D eigenvalue weighted by Crippen LogP contribution is 2.50. The van der Waals surface area contributed by atoms with Gasteiger partial charge in [0.25, 0.3) is 0 Å². The molecule has 0 amide bonds. The summed E-state index contributed by atoms with van der Waals surface area (Å²) in [6.07, 6.45) is 1.02. The van der Waals surface area contributed by atoms with Gasteiger partial charge in [0, 0.05) is 22.3 Å². The average Bonchev–Trinajstić information content (AvgIpc) is 2.95. The van der Waals surface area contributed by atoms with Gasteiger partial charge in [-0.05, 0) is 24.8 Å². The van der Waals surface area contributed by atoms with Crippen molar-refractivity contribution in [3.8, 4) is 0 Å². The highest BCUT2D eigenvalue weighted by molar-refractivity contribution is 7.10. The molecule has 1 aliphatic carbocycles. The zero-order valence-electron chi connectivity index (χ0n) is 9.72. The molecule has 2 aromatic rings. The normalized spacial score (nSPS) is 22.4. The molecule has 17 heavy (non-hydrogen) atoms. The van der Waals surface area contributed by atoms with E-state index in [1.165, 1.54) is 10.4 Å². The van der Waals surface area contributed by atoms with E-state index < -0.39 is 0 Å². The zero-order chi connectivity index (χ0) is 11.8. The molecule has 2 unspecified atom stereocenters. The number of carbonyl (C=O) groups excluding carboxylic acids is 1. The Kier molecular flexibility index (Phi) is 2.60. The Bertz CT molecular complexity index is 525. The van der Waals surface area contributed by atoms with Crippen LogP contribution < -0.4 is 0 Å². The minimum absolute atomic E-state index is 0.219. The molecule has 2 heteroatoms. The van der Waals surface area contributed by atoms with E-state index in [4.69, 9.17) is 0 Å². The Hall–Kier alpha value is -1.41. The first-order valence-corrected chi connectivity index (χ1v) is 6.78. The van der Waals surface area contributed by atoms with Gasteiger partial charge in [-0.1, -0.05) is 35.9 Å². The molecule has 0 aliphatic heterocycles. The number of aryl methyl sites for hydroxylation is 1. The Morgan fingerprint density at radius 2 is 2.00 bits per heavy atom. The van der Waals surface area contributed by atoms with Crippen molar-refractivity contribution in [2.75, 3.05) is 0 Å². The van der Waals surface area contributed by atoms with Gasteiger partial charge in [-0.25, -0.2) is 0 Å². The SMILES string of the molecule is Cc1ccc(C(=O)C2CC2c2cccs2)cc1. The predicted octanol–water partition coefficient (Wildman–Crippen LogP) is 4.04. The van der Waals surface area contributed by atoms with Crippen LogP contribution in [0.15, 0.2) is 41.8 Å². The Balaban J connectivity index is 1.75. The minimum atomic E-state index is 0.219. The summed E-state index contributed by atoms with van der Waals surface area (Å²) < 4.78 is 0. The van der Waals surface area contributed by atoms with E-state index >= 15 is 0 Å². The lowest BCUT2D eigenvalue weighted by Gasteiger charge is -2.00. The van der Waals surface area contributed by atoms with Crippen LogP contribution in [0.4, 0.5) is 0 Å². The van der Waals surface area contributed by atoms with Gasteiger partial charge >= 0.3 is 0 Å². The molecule has 1 nitrogen and oxygen atoms in total. The number of benzene rings is 1. The van der Waals surface area contributed by atoms with Crippen LogP contribution in [0.5, 0.6) is 0 Å². The molecule has 1 aromatic heterocycles. The van der Waals surface area contributed by atoms with Crippen LogP contribution in [0.1, 0.15) is 33.1 Å². The molecule has 1 aromatic carbocycles. The molecular formula is C15H14OS. The summed E-state index contributed by atoms with van der Waals surface area (Å²) in [6.45, 7) is 2.04. The lowest BCUT2D eigenvalue weighted by molar-refractivity contribution is 0.0965. The molecule has 0 bridgehead atoms. The van der Waals surface area contributed by atoms with Crippen molar-refractivity contribution in [3.63, 3.8) is 0 Å². The van der Waals surface area contributed by atoms with Gasteiger partial charge in [0.1, 0.15) is 0 Å². The number of ketones is 1. The van der Waals surface area contributed by atoms with Crippen molar-refractivity contribution in [1.29, 1.82) is 0 Å². The second kappa shape index (κ2) is 4.11. The first kappa shape index (κ1) is 10.7. The molecule has 0 radical (unpaired) electrons. The summed E-state index contributed by atoms with van der Waals surface area (Å²) in [7, 11) is 0. The van der Waals surface area contributed by atoms with E-state index in [1.54, 1.807) is 11.3 Å². The largest absolute Gasteiger partial charge is 0.294 e. The predicted molar refractivity (Wildman–Crippen MR) is 70.7 cm³/mol. The van der Waals surface area contributed by atoms with Crippen LogP contribution in [0.25, 0.3) is 0 Å². The molecule has 86 valence electrons. The van der Waals surface area contributed by atoms with Crippen LogP contribution >= 0.6 is 11.3 Å². The highest BCUT2D eigenvalue weighted by atomic mass is 32.1. The molecule has 1 aliphatic rings. The second-order valence-electron chi connectivity index (χ2n) is 4.69. The van der Waals surface area contributed by atoms with Crippen molar-refractivity contribution in [3.05, 3.63) is 57.8 Å². The molecule has 0 saturated heterocycles. The molecule has 3 rings (SSSR count). The average molecular weight is 242 g/mol. The van der Waals surface area contributed by atoms with Gasteiger partial charge in [-0.3, -0.25) is 4.79 Å². The van der Waals surface area contributed by atoms with Crippen LogP contribution in [0.3, 0.4) is 0 Å². The first-order valence-electron chi connectivity index (χ1n) is 5.90. The Morgan fingerprint density at radius 1 is 1.24 bits per heavy atom. The summed E-state index contributed by atoms with van der Waals surface area (Å²) in [4.78, 5) is 13.6. The second-order valence-corrected chi connectivity index (χ2v) is 5.67. The van der Waals surface area contributed by atoms with Crippen molar-refractivity contribution in [2.45, 2.75) is 19.3 Å². The topological polar surface area (TPSA) is 17.1 Å². The van der Waals surface area contributed by atoms with Crippen molar-refractivity contribution in [2.24, 2.45) is 5.92 Å². The van der Waals surface area contributed by atoms with Gasteiger partial charge in [0.2, 0.25) is 0 Å². The Labute approximate surface area is 105 Å². The summed E-state index contributed by atoms with van der Waals surface area (Å²) >= 11 is 1.76. The maximum absolute atomic E-state index is 12.2. The summed E-state index contributed by atoms with van der Waals surface area (Å²) in [5.74, 6) is 1.00. The van der Waals surface area contributed by atoms with E-state index in [1.807, 2.05) is 31.2 Å². The van der Waals surface area contributed by atoms with Gasteiger partial charge in [-0.2, -0.15) is 0 Å². The van der Waals surface area contributed by atoms with Gasteiger partial charge in [0.15, 0.2) is 5.78 Å². The zero-order valence-corrected chi connectivity index (χ0v) is 10.5. The summed E-state index contributed by atoms with van der Waals surface area (Å²) in [5, 5.41) is 2.08. The quantitative estimate of drug-likeness (QED) is 0.742. The van der Waals surface area contributed by atoms with Gasteiger partial charge in [0.05, 0.1) is 0 Å². The maximum Gasteiger partial charge on any atom is 0.166 e. The van der Waals surface area contributed by atoms with Crippen LogP contribution in [0.2, 0.25) is 0 Å². The number of hydrogen-bond acceptors (Lipinski definition) is 2. The number of rotatable bonds is 3. The number of Topliss-reactive ketones (excluding diaryl/α,β-unsaturated/α-hetero) is 1. The van der Waals surface area contributed by atoms with Crippen molar-refractivity contribution in [1.82, 2.24) is 0 Å². The number of thiophene rings is 1. The van der Waals surface area contributed by atoms with E-state index in [9.17, 15) is 4.79 Å². The van der Waals surface area contributed by atoms with Gasteiger partial charge < -0.3 is 0 Å². The molecule has 1 heterocycles. The lowest BCUT2D eigenvalue weighted by Crippen LogP contribution is -2.02. The summed E-state index contributed by atoms with van der Waals surface area (Å²) in [5.41, 5.74) is 2.06. The van der Waals surface area contributed by atoms with Crippen LogP contribution in [-0.2, 0) is 0 Å². The lowest BCUT2D eigenvalue weighted by atomic mass is 10.0. The fourth-order valence-electron chi connectivity index (χ4n) is 2.23. The summed E-state index contributed by atoms with van der Waals surface area (Å²) in [6, 6.07) is 12.1. The van der Waals surface area contributed by atoms with Crippen LogP contribution in [-0.4, -0.2) is 5.78 Å². The standard InChI is InChI=1S/C15H14OS/c1-10-4-6-11(7-5-10)15(16)13-9-12(13)14-3-2-8-17-14/h2-8,12-13H,9H2,1H3. The third-order valence-corrected chi connectivity index (χ3v) is 4.38. The third-order valence-electron chi connectivity index (χ3n) is 3.37. The molecule has 1 saturated carbocycles. The fourth-order valence-corrected chi connectivity index (χ4v) is 3.14.